The van der Waals surface area contributed by atoms with Gasteiger partial charge in [-0.1, -0.05) is 11.6 Å². The Morgan fingerprint density at radius 1 is 1.43 bits per heavy atom. The van der Waals surface area contributed by atoms with Crippen molar-refractivity contribution in [2.75, 3.05) is 19.0 Å². The van der Waals surface area contributed by atoms with E-state index in [0.717, 1.165) is 11.4 Å². The van der Waals surface area contributed by atoms with Crippen LogP contribution < -0.4 is 5.32 Å². The van der Waals surface area contributed by atoms with Crippen LogP contribution in [0, 0.1) is 13.8 Å². The summed E-state index contributed by atoms with van der Waals surface area (Å²) in [6.45, 7) is 4.95. The van der Waals surface area contributed by atoms with Crippen molar-refractivity contribution >= 4 is 23.2 Å². The second-order valence-electron chi connectivity index (χ2n) is 4.58. The van der Waals surface area contributed by atoms with Gasteiger partial charge >= 0.3 is 0 Å². The highest BCUT2D eigenvalue weighted by Gasteiger charge is 2.15. The number of amides is 1. The van der Waals surface area contributed by atoms with E-state index in [1.54, 1.807) is 19.2 Å². The standard InChI is InChI=1S/C14H17ClN4O2/c1-9-13(10(2)19(18-9)6-7-21-3)17-14(20)12-5-4-11(15)8-16-12/h4-5,8H,6-7H2,1-3H3,(H,17,20). The largest absolute Gasteiger partial charge is 0.383 e. The Hall–Kier alpha value is -1.92. The first-order chi connectivity index (χ1) is 10.0. The van der Waals surface area contributed by atoms with Gasteiger partial charge in [0.1, 0.15) is 5.69 Å². The number of methoxy groups -OCH3 is 1. The lowest BCUT2D eigenvalue weighted by Crippen LogP contribution is -2.15. The van der Waals surface area contributed by atoms with Gasteiger partial charge in [-0.25, -0.2) is 4.98 Å². The lowest BCUT2D eigenvalue weighted by Gasteiger charge is -2.06. The maximum Gasteiger partial charge on any atom is 0.274 e. The number of rotatable bonds is 5. The van der Waals surface area contributed by atoms with Gasteiger partial charge in [0.2, 0.25) is 0 Å². The number of anilines is 1. The van der Waals surface area contributed by atoms with Crippen molar-refractivity contribution < 1.29 is 9.53 Å². The van der Waals surface area contributed by atoms with Crippen molar-refractivity contribution in [3.63, 3.8) is 0 Å². The molecule has 112 valence electrons. The van der Waals surface area contributed by atoms with Crippen LogP contribution in [0.5, 0.6) is 0 Å². The second kappa shape index (κ2) is 6.69. The van der Waals surface area contributed by atoms with Crippen LogP contribution in [0.3, 0.4) is 0 Å². The summed E-state index contributed by atoms with van der Waals surface area (Å²) in [4.78, 5) is 16.2. The van der Waals surface area contributed by atoms with Gasteiger partial charge in [-0.05, 0) is 26.0 Å². The number of carbonyl (C=O) groups excluding carboxylic acids is 1. The summed E-state index contributed by atoms with van der Waals surface area (Å²) in [7, 11) is 1.64. The molecule has 2 aromatic heterocycles. The lowest BCUT2D eigenvalue weighted by atomic mass is 10.3. The Morgan fingerprint density at radius 2 is 2.19 bits per heavy atom. The van der Waals surface area contributed by atoms with E-state index in [-0.39, 0.29) is 5.91 Å². The fourth-order valence-corrected chi connectivity index (χ4v) is 2.07. The van der Waals surface area contributed by atoms with Crippen molar-refractivity contribution in [2.24, 2.45) is 0 Å². The minimum absolute atomic E-state index is 0.288. The van der Waals surface area contributed by atoms with E-state index >= 15 is 0 Å². The van der Waals surface area contributed by atoms with E-state index in [9.17, 15) is 4.79 Å². The number of nitrogens with one attached hydrogen (secondary N) is 1. The monoisotopic (exact) mass is 308 g/mol. The summed E-state index contributed by atoms with van der Waals surface area (Å²) < 4.78 is 6.85. The molecule has 0 saturated heterocycles. The molecule has 0 spiro atoms. The van der Waals surface area contributed by atoms with Crippen molar-refractivity contribution in [1.82, 2.24) is 14.8 Å². The molecule has 0 bridgehead atoms. The maximum atomic E-state index is 12.2. The number of halogens is 1. The van der Waals surface area contributed by atoms with Crippen molar-refractivity contribution in [3.8, 4) is 0 Å². The van der Waals surface area contributed by atoms with Crippen LogP contribution in [-0.4, -0.2) is 34.4 Å². The second-order valence-corrected chi connectivity index (χ2v) is 5.01. The molecule has 0 aliphatic heterocycles. The van der Waals surface area contributed by atoms with Gasteiger partial charge in [-0.2, -0.15) is 5.10 Å². The zero-order valence-electron chi connectivity index (χ0n) is 12.2. The first-order valence-corrected chi connectivity index (χ1v) is 6.86. The van der Waals surface area contributed by atoms with E-state index < -0.39 is 0 Å². The fourth-order valence-electron chi connectivity index (χ4n) is 1.96. The minimum atomic E-state index is -0.288. The summed E-state index contributed by atoms with van der Waals surface area (Å²) in [6.07, 6.45) is 1.44. The predicted molar refractivity (Wildman–Crippen MR) is 80.8 cm³/mol. The average Bonchev–Trinajstić information content (AvgIpc) is 2.73. The normalized spacial score (nSPS) is 10.7. The third-order valence-electron chi connectivity index (χ3n) is 3.09. The van der Waals surface area contributed by atoms with Gasteiger partial charge in [0, 0.05) is 13.3 Å². The molecule has 0 fully saturated rings. The van der Waals surface area contributed by atoms with Crippen molar-refractivity contribution in [1.29, 1.82) is 0 Å². The average molecular weight is 309 g/mol. The maximum absolute atomic E-state index is 12.2. The van der Waals surface area contributed by atoms with Crippen LogP contribution in [0.4, 0.5) is 5.69 Å². The van der Waals surface area contributed by atoms with Crippen LogP contribution in [0.15, 0.2) is 18.3 Å². The molecular formula is C14H17ClN4O2. The lowest BCUT2D eigenvalue weighted by molar-refractivity contribution is 0.102. The molecule has 0 aliphatic rings. The molecule has 0 atom stereocenters. The Labute approximate surface area is 128 Å². The van der Waals surface area contributed by atoms with E-state index in [1.807, 2.05) is 18.5 Å². The number of carbonyl (C=O) groups is 1. The van der Waals surface area contributed by atoms with Crippen LogP contribution in [-0.2, 0) is 11.3 Å². The summed E-state index contributed by atoms with van der Waals surface area (Å²) in [5.74, 6) is -0.288. The summed E-state index contributed by atoms with van der Waals surface area (Å²) in [6, 6.07) is 3.21. The molecule has 6 nitrogen and oxygen atoms in total. The van der Waals surface area contributed by atoms with E-state index in [0.29, 0.717) is 29.6 Å². The molecule has 0 radical (unpaired) electrons. The Bertz CT molecular complexity index is 637. The van der Waals surface area contributed by atoms with Gasteiger partial charge in [0.15, 0.2) is 0 Å². The van der Waals surface area contributed by atoms with Crippen LogP contribution >= 0.6 is 11.6 Å². The molecule has 0 aromatic carbocycles. The van der Waals surface area contributed by atoms with Gasteiger partial charge < -0.3 is 10.1 Å². The van der Waals surface area contributed by atoms with Gasteiger partial charge in [0.05, 0.1) is 35.2 Å². The summed E-state index contributed by atoms with van der Waals surface area (Å²) >= 11 is 5.76. The summed E-state index contributed by atoms with van der Waals surface area (Å²) in [5, 5.41) is 7.72. The van der Waals surface area contributed by atoms with Crippen LogP contribution in [0.1, 0.15) is 21.9 Å². The Balaban J connectivity index is 2.17. The fraction of sp³-hybridized carbons (Fsp3) is 0.357. The number of aromatic nitrogens is 3. The van der Waals surface area contributed by atoms with Crippen LogP contribution in [0.2, 0.25) is 5.02 Å². The van der Waals surface area contributed by atoms with Gasteiger partial charge in [-0.15, -0.1) is 0 Å². The van der Waals surface area contributed by atoms with Gasteiger partial charge in [0.25, 0.3) is 5.91 Å². The number of ether oxygens (including phenoxy) is 1. The van der Waals surface area contributed by atoms with E-state index in [4.69, 9.17) is 16.3 Å². The highest BCUT2D eigenvalue weighted by atomic mass is 35.5. The number of aryl methyl sites for hydroxylation is 1. The van der Waals surface area contributed by atoms with Gasteiger partial charge in [-0.3, -0.25) is 9.48 Å². The predicted octanol–water partition coefficient (Wildman–Crippen LogP) is 2.45. The molecular weight excluding hydrogens is 292 g/mol. The number of pyridine rings is 1. The molecule has 1 amide bonds. The van der Waals surface area contributed by atoms with Crippen molar-refractivity contribution in [3.05, 3.63) is 40.4 Å². The first-order valence-electron chi connectivity index (χ1n) is 6.48. The molecule has 0 saturated carbocycles. The Morgan fingerprint density at radius 3 is 2.81 bits per heavy atom. The topological polar surface area (TPSA) is 69.0 Å². The third kappa shape index (κ3) is 3.59. The molecule has 2 aromatic rings. The van der Waals surface area contributed by atoms with E-state index in [1.165, 1.54) is 6.20 Å². The molecule has 21 heavy (non-hydrogen) atoms. The van der Waals surface area contributed by atoms with Crippen LogP contribution in [0.25, 0.3) is 0 Å². The summed E-state index contributed by atoms with van der Waals surface area (Å²) in [5.41, 5.74) is 2.65. The third-order valence-corrected chi connectivity index (χ3v) is 3.31. The number of hydrogen-bond donors (Lipinski definition) is 1. The number of hydrogen-bond acceptors (Lipinski definition) is 4. The molecule has 2 rings (SSSR count). The van der Waals surface area contributed by atoms with E-state index in [2.05, 4.69) is 15.4 Å². The number of nitrogens with zero attached hydrogens (tertiary/aromatic N) is 3. The molecule has 0 aliphatic carbocycles. The first kappa shape index (κ1) is 15.5. The minimum Gasteiger partial charge on any atom is -0.383 e. The highest BCUT2D eigenvalue weighted by Crippen LogP contribution is 2.20. The van der Waals surface area contributed by atoms with Crippen molar-refractivity contribution in [2.45, 2.75) is 20.4 Å². The SMILES string of the molecule is COCCn1nc(C)c(NC(=O)c2ccc(Cl)cn2)c1C. The molecule has 1 N–H and O–H groups in total. The highest BCUT2D eigenvalue weighted by molar-refractivity contribution is 6.30. The smallest absolute Gasteiger partial charge is 0.274 e. The zero-order valence-corrected chi connectivity index (χ0v) is 12.9. The molecule has 0 unspecified atom stereocenters. The quantitative estimate of drug-likeness (QED) is 0.921. The molecule has 2 heterocycles. The zero-order chi connectivity index (χ0) is 15.4. The Kier molecular flexibility index (Phi) is 4.93. The molecule has 7 heteroatoms.